The lowest BCUT2D eigenvalue weighted by molar-refractivity contribution is 0.844. The average Bonchev–Trinajstić information content (AvgIpc) is 2.25. The summed E-state index contributed by atoms with van der Waals surface area (Å²) in [5.74, 6) is 1.29. The highest BCUT2D eigenvalue weighted by Crippen LogP contribution is 2.07. The van der Waals surface area contributed by atoms with Gasteiger partial charge < -0.3 is 9.88 Å². The summed E-state index contributed by atoms with van der Waals surface area (Å²) in [5.41, 5.74) is -0.137. The minimum absolute atomic E-state index is 0.137. The minimum Gasteiger partial charge on any atom is -0.324 e. The van der Waals surface area contributed by atoms with Crippen LogP contribution in [0.15, 0.2) is 41.6 Å². The van der Waals surface area contributed by atoms with Crippen molar-refractivity contribution in [1.29, 1.82) is 0 Å². The van der Waals surface area contributed by atoms with Crippen molar-refractivity contribution in [3.05, 3.63) is 47.1 Å². The van der Waals surface area contributed by atoms with Crippen molar-refractivity contribution in [2.45, 2.75) is 0 Å². The third-order valence-electron chi connectivity index (χ3n) is 1.90. The molecule has 2 aromatic rings. The fourth-order valence-corrected chi connectivity index (χ4v) is 1.13. The normalized spacial score (nSPS) is 9.93. The molecule has 2 aromatic heterocycles. The fraction of sp³-hybridized carbons (Fsp3) is 0.100. The van der Waals surface area contributed by atoms with Gasteiger partial charge in [-0.25, -0.2) is 9.97 Å². The lowest BCUT2D eigenvalue weighted by Gasteiger charge is -2.04. The molecule has 0 saturated heterocycles. The first kappa shape index (κ1) is 9.39. The number of nitrogens with zero attached hydrogens (tertiary/aromatic N) is 3. The van der Waals surface area contributed by atoms with Crippen molar-refractivity contribution in [3.8, 4) is 0 Å². The Morgan fingerprint density at radius 1 is 1.27 bits per heavy atom. The highest BCUT2D eigenvalue weighted by atomic mass is 16.1. The molecule has 2 heterocycles. The Morgan fingerprint density at radius 3 is 2.80 bits per heavy atom. The van der Waals surface area contributed by atoms with Gasteiger partial charge in [-0.1, -0.05) is 6.07 Å². The van der Waals surface area contributed by atoms with Crippen molar-refractivity contribution in [2.24, 2.45) is 7.05 Å². The van der Waals surface area contributed by atoms with E-state index in [1.54, 1.807) is 19.4 Å². The van der Waals surface area contributed by atoms with Gasteiger partial charge in [-0.05, 0) is 12.1 Å². The highest BCUT2D eigenvalue weighted by Gasteiger charge is 1.97. The molecule has 0 radical (unpaired) electrons. The van der Waals surface area contributed by atoms with Crippen LogP contribution in [0.5, 0.6) is 0 Å². The Morgan fingerprint density at radius 2 is 2.13 bits per heavy atom. The average molecular weight is 202 g/mol. The van der Waals surface area contributed by atoms with Crippen LogP contribution in [0.1, 0.15) is 0 Å². The molecule has 1 N–H and O–H groups in total. The second-order valence-corrected chi connectivity index (χ2v) is 3.06. The van der Waals surface area contributed by atoms with E-state index in [1.807, 2.05) is 18.2 Å². The van der Waals surface area contributed by atoms with E-state index in [0.29, 0.717) is 11.6 Å². The SMILES string of the molecule is Cn1cc(Nc2ccccn2)ncc1=O. The van der Waals surface area contributed by atoms with Crippen LogP contribution in [0.25, 0.3) is 0 Å². The molecule has 15 heavy (non-hydrogen) atoms. The summed E-state index contributed by atoms with van der Waals surface area (Å²) >= 11 is 0. The van der Waals surface area contributed by atoms with Gasteiger partial charge in [0.05, 0.1) is 6.20 Å². The summed E-state index contributed by atoms with van der Waals surface area (Å²) in [6, 6.07) is 5.53. The predicted molar refractivity (Wildman–Crippen MR) is 57.0 cm³/mol. The monoisotopic (exact) mass is 202 g/mol. The van der Waals surface area contributed by atoms with E-state index in [1.165, 1.54) is 10.8 Å². The Balaban J connectivity index is 2.26. The number of hydrogen-bond donors (Lipinski definition) is 1. The molecule has 0 aliphatic heterocycles. The standard InChI is InChI=1S/C10H10N4O/c1-14-7-9(12-6-10(14)15)13-8-4-2-3-5-11-8/h2-7H,1H3,(H,11,13). The zero-order valence-corrected chi connectivity index (χ0v) is 8.21. The van der Waals surface area contributed by atoms with Crippen LogP contribution in [0.2, 0.25) is 0 Å². The van der Waals surface area contributed by atoms with E-state index >= 15 is 0 Å². The minimum atomic E-state index is -0.137. The van der Waals surface area contributed by atoms with Crippen LogP contribution in [0.3, 0.4) is 0 Å². The van der Waals surface area contributed by atoms with Crippen molar-refractivity contribution >= 4 is 11.6 Å². The summed E-state index contributed by atoms with van der Waals surface area (Å²) < 4.78 is 1.46. The van der Waals surface area contributed by atoms with Crippen LogP contribution in [0.4, 0.5) is 11.6 Å². The van der Waals surface area contributed by atoms with Gasteiger partial charge in [0.1, 0.15) is 11.6 Å². The van der Waals surface area contributed by atoms with Crippen LogP contribution in [0, 0.1) is 0 Å². The number of aromatic nitrogens is 3. The van der Waals surface area contributed by atoms with Gasteiger partial charge in [-0.3, -0.25) is 4.79 Å². The molecule has 0 unspecified atom stereocenters. The van der Waals surface area contributed by atoms with Gasteiger partial charge in [0.2, 0.25) is 0 Å². The highest BCUT2D eigenvalue weighted by molar-refractivity contribution is 5.49. The maximum Gasteiger partial charge on any atom is 0.268 e. The van der Waals surface area contributed by atoms with Crippen molar-refractivity contribution in [2.75, 3.05) is 5.32 Å². The molecule has 76 valence electrons. The fourth-order valence-electron chi connectivity index (χ4n) is 1.13. The number of rotatable bonds is 2. The molecule has 0 aliphatic rings. The second-order valence-electron chi connectivity index (χ2n) is 3.06. The summed E-state index contributed by atoms with van der Waals surface area (Å²) in [7, 11) is 1.67. The lowest BCUT2D eigenvalue weighted by Crippen LogP contribution is -2.16. The first-order chi connectivity index (χ1) is 7.25. The molecule has 0 bridgehead atoms. The number of aryl methyl sites for hydroxylation is 1. The third kappa shape index (κ3) is 2.19. The van der Waals surface area contributed by atoms with Gasteiger partial charge in [-0.2, -0.15) is 0 Å². The van der Waals surface area contributed by atoms with Crippen LogP contribution < -0.4 is 10.9 Å². The van der Waals surface area contributed by atoms with Gasteiger partial charge in [0.25, 0.3) is 5.56 Å². The summed E-state index contributed by atoms with van der Waals surface area (Å²) in [4.78, 5) is 19.1. The molecule has 5 heteroatoms. The van der Waals surface area contributed by atoms with Crippen LogP contribution >= 0.6 is 0 Å². The number of nitrogens with one attached hydrogen (secondary N) is 1. The third-order valence-corrected chi connectivity index (χ3v) is 1.90. The van der Waals surface area contributed by atoms with Gasteiger partial charge in [0.15, 0.2) is 0 Å². The van der Waals surface area contributed by atoms with E-state index in [4.69, 9.17) is 0 Å². The summed E-state index contributed by atoms with van der Waals surface area (Å²) in [6.07, 6.45) is 4.58. The molecule has 0 aliphatic carbocycles. The summed E-state index contributed by atoms with van der Waals surface area (Å²) in [6.45, 7) is 0. The predicted octanol–water partition coefficient (Wildman–Crippen LogP) is 0.919. The van der Waals surface area contributed by atoms with Crippen LogP contribution in [-0.4, -0.2) is 14.5 Å². The maximum atomic E-state index is 11.1. The van der Waals surface area contributed by atoms with Crippen molar-refractivity contribution in [3.63, 3.8) is 0 Å². The topological polar surface area (TPSA) is 59.8 Å². The molecule has 0 aromatic carbocycles. The van der Waals surface area contributed by atoms with Crippen molar-refractivity contribution < 1.29 is 0 Å². The molecule has 0 spiro atoms. The molecule has 5 nitrogen and oxygen atoms in total. The van der Waals surface area contributed by atoms with E-state index in [0.717, 1.165) is 0 Å². The molecular formula is C10H10N4O. The van der Waals surface area contributed by atoms with Gasteiger partial charge in [-0.15, -0.1) is 0 Å². The zero-order chi connectivity index (χ0) is 10.7. The first-order valence-corrected chi connectivity index (χ1v) is 4.46. The number of pyridine rings is 1. The lowest BCUT2D eigenvalue weighted by atomic mass is 10.4. The van der Waals surface area contributed by atoms with E-state index < -0.39 is 0 Å². The van der Waals surface area contributed by atoms with E-state index in [9.17, 15) is 4.79 Å². The first-order valence-electron chi connectivity index (χ1n) is 4.46. The smallest absolute Gasteiger partial charge is 0.268 e. The second kappa shape index (κ2) is 3.91. The Kier molecular flexibility index (Phi) is 2.45. The van der Waals surface area contributed by atoms with E-state index in [2.05, 4.69) is 15.3 Å². The van der Waals surface area contributed by atoms with E-state index in [-0.39, 0.29) is 5.56 Å². The Bertz CT molecular complexity index is 506. The Hall–Kier alpha value is -2.17. The zero-order valence-electron chi connectivity index (χ0n) is 8.21. The number of anilines is 2. The van der Waals surface area contributed by atoms with Crippen LogP contribution in [-0.2, 0) is 7.05 Å². The molecule has 0 saturated carbocycles. The molecule has 2 rings (SSSR count). The van der Waals surface area contributed by atoms with Gasteiger partial charge >= 0.3 is 0 Å². The molecule has 0 amide bonds. The number of hydrogen-bond acceptors (Lipinski definition) is 4. The van der Waals surface area contributed by atoms with Crippen molar-refractivity contribution in [1.82, 2.24) is 14.5 Å². The quantitative estimate of drug-likeness (QED) is 0.786. The molecular weight excluding hydrogens is 192 g/mol. The largest absolute Gasteiger partial charge is 0.324 e. The summed E-state index contributed by atoms with van der Waals surface area (Å²) in [5, 5.41) is 2.99. The Labute approximate surface area is 86.4 Å². The van der Waals surface area contributed by atoms with Gasteiger partial charge in [0, 0.05) is 19.4 Å². The molecule has 0 atom stereocenters. The molecule has 0 fully saturated rings. The maximum absolute atomic E-state index is 11.1.